The van der Waals surface area contributed by atoms with Gasteiger partial charge in [0.2, 0.25) is 0 Å². The molecule has 0 saturated carbocycles. The summed E-state index contributed by atoms with van der Waals surface area (Å²) >= 11 is 8.78. The molecule has 0 bridgehead atoms. The second-order valence-corrected chi connectivity index (χ2v) is 6.15. The quantitative estimate of drug-likeness (QED) is 0.633. The van der Waals surface area contributed by atoms with Gasteiger partial charge < -0.3 is 0 Å². The third-order valence-electron chi connectivity index (χ3n) is 3.35. The summed E-state index contributed by atoms with van der Waals surface area (Å²) in [6.07, 6.45) is -4.75. The third kappa shape index (κ3) is 2.64. The Kier molecular flexibility index (Phi) is 3.72. The molecule has 1 aliphatic rings. The molecule has 2 aromatic carbocycles. The predicted molar refractivity (Wildman–Crippen MR) is 81.7 cm³/mol. The fourth-order valence-corrected chi connectivity index (χ4v) is 2.90. The van der Waals surface area contributed by atoms with E-state index in [1.54, 1.807) is 6.07 Å². The van der Waals surface area contributed by atoms with Crippen molar-refractivity contribution in [1.82, 2.24) is 0 Å². The maximum atomic E-state index is 13.2. The van der Waals surface area contributed by atoms with E-state index in [2.05, 4.69) is 15.9 Å². The lowest BCUT2D eigenvalue weighted by molar-refractivity contribution is -0.137. The number of fused-ring (bicyclic) bond motifs is 1. The molecular formula is C15H6BrClF3NO2. The van der Waals surface area contributed by atoms with Crippen LogP contribution in [0.4, 0.5) is 18.9 Å². The van der Waals surface area contributed by atoms with Crippen molar-refractivity contribution in [1.29, 1.82) is 0 Å². The van der Waals surface area contributed by atoms with Crippen LogP contribution in [0.1, 0.15) is 26.3 Å². The summed E-state index contributed by atoms with van der Waals surface area (Å²) in [4.78, 5) is 25.3. The largest absolute Gasteiger partial charge is 0.418 e. The fourth-order valence-electron chi connectivity index (χ4n) is 2.36. The van der Waals surface area contributed by atoms with Crippen LogP contribution in [0.3, 0.4) is 0 Å². The van der Waals surface area contributed by atoms with E-state index in [1.165, 1.54) is 18.2 Å². The summed E-state index contributed by atoms with van der Waals surface area (Å²) in [6, 6.07) is 7.24. The molecule has 0 saturated heterocycles. The Balaban J connectivity index is 2.18. The van der Waals surface area contributed by atoms with Gasteiger partial charge in [-0.25, -0.2) is 4.90 Å². The van der Waals surface area contributed by atoms with Crippen molar-refractivity contribution in [2.75, 3.05) is 4.90 Å². The Bertz CT molecular complexity index is 851. The first kappa shape index (κ1) is 16.0. The Morgan fingerprint density at radius 1 is 0.957 bits per heavy atom. The lowest BCUT2D eigenvalue weighted by Crippen LogP contribution is -2.31. The van der Waals surface area contributed by atoms with E-state index in [0.717, 1.165) is 6.07 Å². The van der Waals surface area contributed by atoms with E-state index in [0.29, 0.717) is 15.4 Å². The van der Waals surface area contributed by atoms with Crippen molar-refractivity contribution < 1.29 is 22.8 Å². The van der Waals surface area contributed by atoms with Gasteiger partial charge in [-0.3, -0.25) is 9.59 Å². The molecule has 2 amide bonds. The molecule has 0 radical (unpaired) electrons. The lowest BCUT2D eigenvalue weighted by Gasteiger charge is -2.19. The van der Waals surface area contributed by atoms with Crippen LogP contribution in [0.5, 0.6) is 0 Å². The van der Waals surface area contributed by atoms with E-state index < -0.39 is 29.2 Å². The van der Waals surface area contributed by atoms with Gasteiger partial charge in [-0.15, -0.1) is 0 Å². The SMILES string of the molecule is O=C1c2ccc(Br)cc2C(=O)N1c1ccc(Cl)cc1C(F)(F)F. The lowest BCUT2D eigenvalue weighted by atomic mass is 10.1. The Hall–Kier alpha value is -1.86. The average Bonchev–Trinajstić information content (AvgIpc) is 2.70. The number of imide groups is 1. The maximum Gasteiger partial charge on any atom is 0.418 e. The highest BCUT2D eigenvalue weighted by Crippen LogP contribution is 2.41. The molecule has 0 atom stereocenters. The molecule has 0 fully saturated rings. The number of anilines is 1. The average molecular weight is 405 g/mol. The van der Waals surface area contributed by atoms with Crippen LogP contribution in [0.15, 0.2) is 40.9 Å². The zero-order chi connectivity index (χ0) is 16.9. The standard InChI is InChI=1S/C15H6BrClF3NO2/c16-7-1-3-9-10(5-7)14(23)21(13(9)22)12-4-2-8(17)6-11(12)15(18,19)20/h1-6H. The molecule has 3 rings (SSSR count). The summed E-state index contributed by atoms with van der Waals surface area (Å²) in [7, 11) is 0. The van der Waals surface area contributed by atoms with Gasteiger partial charge in [-0.2, -0.15) is 13.2 Å². The van der Waals surface area contributed by atoms with Crippen molar-refractivity contribution in [3.05, 3.63) is 62.6 Å². The van der Waals surface area contributed by atoms with Gasteiger partial charge in [0.25, 0.3) is 11.8 Å². The zero-order valence-electron chi connectivity index (χ0n) is 11.1. The van der Waals surface area contributed by atoms with E-state index in [4.69, 9.17) is 11.6 Å². The maximum absolute atomic E-state index is 13.2. The van der Waals surface area contributed by atoms with Crippen molar-refractivity contribution in [2.45, 2.75) is 6.18 Å². The molecule has 1 aliphatic heterocycles. The Labute approximate surface area is 141 Å². The van der Waals surface area contributed by atoms with Crippen LogP contribution in [0, 0.1) is 0 Å². The van der Waals surface area contributed by atoms with E-state index in [1.807, 2.05) is 0 Å². The van der Waals surface area contributed by atoms with E-state index in [-0.39, 0.29) is 16.1 Å². The van der Waals surface area contributed by atoms with Crippen molar-refractivity contribution >= 4 is 45.0 Å². The van der Waals surface area contributed by atoms with E-state index in [9.17, 15) is 22.8 Å². The molecule has 0 spiro atoms. The Morgan fingerprint density at radius 3 is 2.26 bits per heavy atom. The molecular weight excluding hydrogens is 399 g/mol. The molecule has 2 aromatic rings. The first-order chi connectivity index (χ1) is 10.7. The minimum absolute atomic E-state index is 0.0486. The zero-order valence-corrected chi connectivity index (χ0v) is 13.5. The molecule has 0 unspecified atom stereocenters. The summed E-state index contributed by atoms with van der Waals surface area (Å²) in [5, 5.41) is -0.138. The normalized spacial score (nSPS) is 14.4. The summed E-state index contributed by atoms with van der Waals surface area (Å²) < 4.78 is 40.2. The van der Waals surface area contributed by atoms with Gasteiger partial charge in [0.1, 0.15) is 0 Å². The number of hydrogen-bond acceptors (Lipinski definition) is 2. The van der Waals surface area contributed by atoms with Gasteiger partial charge in [-0.1, -0.05) is 27.5 Å². The monoisotopic (exact) mass is 403 g/mol. The van der Waals surface area contributed by atoms with Gasteiger partial charge >= 0.3 is 6.18 Å². The molecule has 3 nitrogen and oxygen atoms in total. The second kappa shape index (κ2) is 5.35. The number of carbonyl (C=O) groups is 2. The highest BCUT2D eigenvalue weighted by Gasteiger charge is 2.42. The second-order valence-electron chi connectivity index (χ2n) is 4.79. The minimum atomic E-state index is -4.75. The van der Waals surface area contributed by atoms with Crippen LogP contribution >= 0.6 is 27.5 Å². The van der Waals surface area contributed by atoms with Crippen LogP contribution in [0.2, 0.25) is 5.02 Å². The van der Waals surface area contributed by atoms with Gasteiger partial charge in [-0.05, 0) is 36.4 Å². The van der Waals surface area contributed by atoms with Gasteiger partial charge in [0.05, 0.1) is 22.4 Å². The van der Waals surface area contributed by atoms with Crippen molar-refractivity contribution in [3.8, 4) is 0 Å². The predicted octanol–water partition coefficient (Wildman–Crippen LogP) is 4.92. The number of carbonyl (C=O) groups excluding carboxylic acids is 2. The topological polar surface area (TPSA) is 37.4 Å². The Morgan fingerprint density at radius 2 is 1.61 bits per heavy atom. The van der Waals surface area contributed by atoms with Crippen LogP contribution in [-0.4, -0.2) is 11.8 Å². The molecule has 0 aromatic heterocycles. The number of hydrogen-bond donors (Lipinski definition) is 0. The first-order valence-corrected chi connectivity index (χ1v) is 7.42. The smallest absolute Gasteiger partial charge is 0.268 e. The molecule has 8 heteroatoms. The number of alkyl halides is 3. The molecule has 1 heterocycles. The fraction of sp³-hybridized carbons (Fsp3) is 0.0667. The van der Waals surface area contributed by atoms with Crippen LogP contribution < -0.4 is 4.90 Å². The first-order valence-electron chi connectivity index (χ1n) is 6.25. The highest BCUT2D eigenvalue weighted by molar-refractivity contribution is 9.10. The van der Waals surface area contributed by atoms with Crippen LogP contribution in [0.25, 0.3) is 0 Å². The third-order valence-corrected chi connectivity index (χ3v) is 4.08. The summed E-state index contributed by atoms with van der Waals surface area (Å²) in [6.45, 7) is 0. The number of rotatable bonds is 1. The van der Waals surface area contributed by atoms with Crippen molar-refractivity contribution in [2.24, 2.45) is 0 Å². The molecule has 0 N–H and O–H groups in total. The molecule has 0 aliphatic carbocycles. The van der Waals surface area contributed by atoms with E-state index >= 15 is 0 Å². The van der Waals surface area contributed by atoms with Gasteiger partial charge in [0, 0.05) is 9.50 Å². The number of benzene rings is 2. The number of amides is 2. The molecule has 23 heavy (non-hydrogen) atoms. The van der Waals surface area contributed by atoms with Crippen LogP contribution in [-0.2, 0) is 6.18 Å². The summed E-state index contributed by atoms with van der Waals surface area (Å²) in [5.41, 5.74) is -1.57. The number of halogens is 5. The van der Waals surface area contributed by atoms with Gasteiger partial charge in [0.15, 0.2) is 0 Å². The number of nitrogens with zero attached hydrogens (tertiary/aromatic N) is 1. The highest BCUT2D eigenvalue weighted by atomic mass is 79.9. The summed E-state index contributed by atoms with van der Waals surface area (Å²) in [5.74, 6) is -1.61. The molecule has 118 valence electrons. The van der Waals surface area contributed by atoms with Crippen molar-refractivity contribution in [3.63, 3.8) is 0 Å². The minimum Gasteiger partial charge on any atom is -0.268 e.